The van der Waals surface area contributed by atoms with Crippen molar-refractivity contribution >= 4 is 23.5 Å². The van der Waals surface area contributed by atoms with E-state index in [1.165, 1.54) is 12.1 Å². The molecule has 0 atom stereocenters. The number of ketones is 2. The molecule has 0 saturated carbocycles. The molecule has 0 amide bonds. The molecule has 4 aromatic carbocycles. The van der Waals surface area contributed by atoms with Gasteiger partial charge in [0.1, 0.15) is 11.5 Å². The Kier molecular flexibility index (Phi) is 8.18. The van der Waals surface area contributed by atoms with E-state index in [1.54, 1.807) is 97.1 Å². The van der Waals surface area contributed by atoms with Crippen LogP contribution in [-0.4, -0.2) is 36.7 Å². The van der Waals surface area contributed by atoms with Gasteiger partial charge in [-0.3, -0.25) is 9.59 Å². The molecule has 0 aliphatic heterocycles. The standard InChI is InChI=1S/C30H22O7/c31-27(21-7-3-1-4-8-21)19-36-30(34)24-13-17-26(18-14-24)37-25-15-11-22(12-16-25)28(32)20-35-29(33)23-9-5-2-6-10-23/h1-18H,19-20H2. The van der Waals surface area contributed by atoms with E-state index in [0.717, 1.165) is 0 Å². The molecule has 0 N–H and O–H groups in total. The average molecular weight is 494 g/mol. The van der Waals surface area contributed by atoms with Crippen LogP contribution < -0.4 is 4.74 Å². The number of benzene rings is 4. The van der Waals surface area contributed by atoms with E-state index in [4.69, 9.17) is 14.2 Å². The third-order valence-electron chi connectivity index (χ3n) is 5.28. The summed E-state index contributed by atoms with van der Waals surface area (Å²) in [7, 11) is 0. The number of hydrogen-bond acceptors (Lipinski definition) is 7. The predicted octanol–water partition coefficient (Wildman–Crippen LogP) is 5.56. The Morgan fingerprint density at radius 3 is 1.24 bits per heavy atom. The Morgan fingerprint density at radius 1 is 0.432 bits per heavy atom. The quantitative estimate of drug-likeness (QED) is 0.210. The van der Waals surface area contributed by atoms with Crippen LogP contribution in [0, 0.1) is 0 Å². The minimum absolute atomic E-state index is 0.277. The van der Waals surface area contributed by atoms with E-state index in [2.05, 4.69) is 0 Å². The van der Waals surface area contributed by atoms with Crippen LogP contribution in [0.15, 0.2) is 109 Å². The molecule has 7 heteroatoms. The van der Waals surface area contributed by atoms with E-state index >= 15 is 0 Å². The van der Waals surface area contributed by atoms with Gasteiger partial charge in [-0.2, -0.15) is 0 Å². The lowest BCUT2D eigenvalue weighted by molar-refractivity contribution is 0.0472. The Hall–Kier alpha value is -5.04. The van der Waals surface area contributed by atoms with Gasteiger partial charge in [0.25, 0.3) is 0 Å². The number of Topliss-reactive ketones (excluding diaryl/α,β-unsaturated/α-hetero) is 2. The smallest absolute Gasteiger partial charge is 0.338 e. The summed E-state index contributed by atoms with van der Waals surface area (Å²) in [4.78, 5) is 48.7. The molecule has 7 nitrogen and oxygen atoms in total. The topological polar surface area (TPSA) is 96.0 Å². The summed E-state index contributed by atoms with van der Waals surface area (Å²) < 4.78 is 15.9. The van der Waals surface area contributed by atoms with Crippen LogP contribution in [0.25, 0.3) is 0 Å². The lowest BCUT2D eigenvalue weighted by atomic mass is 10.1. The van der Waals surface area contributed by atoms with Gasteiger partial charge in [0, 0.05) is 11.1 Å². The summed E-state index contributed by atoms with van der Waals surface area (Å²) in [5.74, 6) is -0.875. The molecule has 184 valence electrons. The van der Waals surface area contributed by atoms with Crippen molar-refractivity contribution in [1.82, 2.24) is 0 Å². The number of rotatable bonds is 10. The number of esters is 2. The third kappa shape index (κ3) is 6.99. The molecule has 0 radical (unpaired) electrons. The molecule has 4 rings (SSSR count). The molecule has 0 saturated heterocycles. The van der Waals surface area contributed by atoms with Gasteiger partial charge in [0.05, 0.1) is 11.1 Å². The minimum Gasteiger partial charge on any atom is -0.457 e. The first kappa shape index (κ1) is 25.1. The fourth-order valence-electron chi connectivity index (χ4n) is 3.30. The van der Waals surface area contributed by atoms with Crippen molar-refractivity contribution in [3.8, 4) is 11.5 Å². The van der Waals surface area contributed by atoms with Crippen molar-refractivity contribution in [2.75, 3.05) is 13.2 Å². The summed E-state index contributed by atoms with van der Waals surface area (Å²) in [6.45, 7) is -0.722. The van der Waals surface area contributed by atoms with Crippen LogP contribution in [0.4, 0.5) is 0 Å². The van der Waals surface area contributed by atoms with Crippen molar-refractivity contribution in [3.05, 3.63) is 131 Å². The molecule has 0 fully saturated rings. The van der Waals surface area contributed by atoms with Crippen LogP contribution in [0.5, 0.6) is 11.5 Å². The Balaban J connectivity index is 1.26. The minimum atomic E-state index is -0.619. The van der Waals surface area contributed by atoms with Gasteiger partial charge in [-0.05, 0) is 60.7 Å². The van der Waals surface area contributed by atoms with Crippen LogP contribution in [0.2, 0.25) is 0 Å². The summed E-state index contributed by atoms with van der Waals surface area (Å²) in [5.41, 5.74) is 1.49. The highest BCUT2D eigenvalue weighted by atomic mass is 16.5. The maximum absolute atomic E-state index is 12.3. The second kappa shape index (κ2) is 12.1. The van der Waals surface area contributed by atoms with Gasteiger partial charge < -0.3 is 14.2 Å². The van der Waals surface area contributed by atoms with Crippen molar-refractivity contribution in [1.29, 1.82) is 0 Å². The highest BCUT2D eigenvalue weighted by molar-refractivity contribution is 6.00. The molecule has 0 spiro atoms. The Labute approximate surface area is 213 Å². The first-order valence-electron chi connectivity index (χ1n) is 11.4. The zero-order valence-electron chi connectivity index (χ0n) is 19.7. The SMILES string of the molecule is O=C(COC(=O)c1ccccc1)c1ccc(Oc2ccc(C(=O)OCC(=O)c3ccccc3)cc2)cc1. The van der Waals surface area contributed by atoms with Crippen LogP contribution in [0.1, 0.15) is 41.4 Å². The van der Waals surface area contributed by atoms with Gasteiger partial charge in [0.2, 0.25) is 0 Å². The van der Waals surface area contributed by atoms with E-state index in [-0.39, 0.29) is 30.3 Å². The molecule has 0 aromatic heterocycles. The fraction of sp³-hybridized carbons (Fsp3) is 0.0667. The van der Waals surface area contributed by atoms with Gasteiger partial charge >= 0.3 is 11.9 Å². The Morgan fingerprint density at radius 2 is 0.784 bits per heavy atom. The summed E-state index contributed by atoms with van der Waals surface area (Å²) in [6, 6.07) is 29.7. The fourth-order valence-corrected chi connectivity index (χ4v) is 3.30. The molecule has 0 heterocycles. The predicted molar refractivity (Wildman–Crippen MR) is 135 cm³/mol. The lowest BCUT2D eigenvalue weighted by Crippen LogP contribution is -2.14. The van der Waals surface area contributed by atoms with Gasteiger partial charge in [-0.25, -0.2) is 9.59 Å². The number of carbonyl (C=O) groups excluding carboxylic acids is 4. The largest absolute Gasteiger partial charge is 0.457 e. The monoisotopic (exact) mass is 494 g/mol. The first-order chi connectivity index (χ1) is 18.0. The number of ether oxygens (including phenoxy) is 3. The highest BCUT2D eigenvalue weighted by Gasteiger charge is 2.13. The van der Waals surface area contributed by atoms with Crippen molar-refractivity contribution in [2.24, 2.45) is 0 Å². The zero-order chi connectivity index (χ0) is 26.0. The van der Waals surface area contributed by atoms with Gasteiger partial charge in [0.15, 0.2) is 24.8 Å². The average Bonchev–Trinajstić information content (AvgIpc) is 2.96. The first-order valence-corrected chi connectivity index (χ1v) is 11.4. The molecule has 37 heavy (non-hydrogen) atoms. The third-order valence-corrected chi connectivity index (χ3v) is 5.28. The van der Waals surface area contributed by atoms with Crippen LogP contribution in [-0.2, 0) is 9.47 Å². The van der Waals surface area contributed by atoms with Crippen molar-refractivity contribution in [3.63, 3.8) is 0 Å². The molecule has 0 aliphatic carbocycles. The summed E-state index contributed by atoms with van der Waals surface area (Å²) in [6.07, 6.45) is 0. The van der Waals surface area contributed by atoms with Gasteiger partial charge in [-0.15, -0.1) is 0 Å². The van der Waals surface area contributed by atoms with E-state index in [0.29, 0.717) is 28.2 Å². The normalized spacial score (nSPS) is 10.3. The molecular weight excluding hydrogens is 472 g/mol. The summed E-state index contributed by atoms with van der Waals surface area (Å²) >= 11 is 0. The van der Waals surface area contributed by atoms with Crippen LogP contribution >= 0.6 is 0 Å². The van der Waals surface area contributed by atoms with Crippen molar-refractivity contribution < 1.29 is 33.4 Å². The zero-order valence-corrected chi connectivity index (χ0v) is 19.7. The maximum Gasteiger partial charge on any atom is 0.338 e. The van der Waals surface area contributed by atoms with E-state index in [1.807, 2.05) is 0 Å². The number of hydrogen-bond donors (Lipinski definition) is 0. The second-order valence-electron chi connectivity index (χ2n) is 7.88. The Bertz CT molecular complexity index is 1270. The lowest BCUT2D eigenvalue weighted by Gasteiger charge is -2.08. The molecule has 0 unspecified atom stereocenters. The van der Waals surface area contributed by atoms with Gasteiger partial charge in [-0.1, -0.05) is 48.5 Å². The maximum atomic E-state index is 12.3. The van der Waals surface area contributed by atoms with E-state index < -0.39 is 11.9 Å². The van der Waals surface area contributed by atoms with Crippen LogP contribution in [0.3, 0.4) is 0 Å². The molecule has 4 aromatic rings. The molecule has 0 aliphatic rings. The highest BCUT2D eigenvalue weighted by Crippen LogP contribution is 2.22. The van der Waals surface area contributed by atoms with Crippen molar-refractivity contribution in [2.45, 2.75) is 0 Å². The molecular formula is C30H22O7. The summed E-state index contributed by atoms with van der Waals surface area (Å²) in [5, 5.41) is 0. The molecule has 0 bridgehead atoms. The second-order valence-corrected chi connectivity index (χ2v) is 7.88. The number of carbonyl (C=O) groups is 4. The van der Waals surface area contributed by atoms with E-state index in [9.17, 15) is 19.2 Å².